The third kappa shape index (κ3) is 6.65. The summed E-state index contributed by atoms with van der Waals surface area (Å²) in [5, 5.41) is 5.94. The van der Waals surface area contributed by atoms with Crippen LogP contribution in [0.4, 0.5) is 16.2 Å². The average molecular weight is 344 g/mol. The van der Waals surface area contributed by atoms with Crippen molar-refractivity contribution in [1.29, 1.82) is 0 Å². The van der Waals surface area contributed by atoms with Crippen LogP contribution in [0.25, 0.3) is 0 Å². The number of nitrogens with one attached hydrogen (secondary N) is 2. The number of carbonyl (C=O) groups is 1. The molecule has 1 aromatic carbocycles. The van der Waals surface area contributed by atoms with E-state index in [2.05, 4.69) is 26.6 Å². The van der Waals surface area contributed by atoms with E-state index in [1.807, 2.05) is 39.0 Å². The highest BCUT2D eigenvalue weighted by Gasteiger charge is 2.15. The summed E-state index contributed by atoms with van der Waals surface area (Å²) in [6.45, 7) is 6.78. The van der Waals surface area contributed by atoms with Gasteiger partial charge in [-0.05, 0) is 45.4 Å². The van der Waals surface area contributed by atoms with Gasteiger partial charge in [0, 0.05) is 17.6 Å². The summed E-state index contributed by atoms with van der Waals surface area (Å²) >= 11 is 3.40. The summed E-state index contributed by atoms with van der Waals surface area (Å²) < 4.78 is 6.11. The van der Waals surface area contributed by atoms with Crippen molar-refractivity contribution in [2.75, 3.05) is 24.1 Å². The van der Waals surface area contributed by atoms with Gasteiger partial charge in [0.15, 0.2) is 0 Å². The Morgan fingerprint density at radius 2 is 2.05 bits per heavy atom. The quantitative estimate of drug-likeness (QED) is 0.565. The lowest BCUT2D eigenvalue weighted by atomic mass is 10.2. The zero-order valence-electron chi connectivity index (χ0n) is 12.1. The summed E-state index contributed by atoms with van der Waals surface area (Å²) in [5.74, 6) is 0. The number of nitrogens with two attached hydrogens (primary N) is 1. The second kappa shape index (κ2) is 7.38. The number of carbonyl (C=O) groups excluding carboxylic acids is 1. The van der Waals surface area contributed by atoms with Crippen LogP contribution in [0.5, 0.6) is 0 Å². The second-order valence-corrected chi connectivity index (χ2v) is 6.36. The van der Waals surface area contributed by atoms with Crippen LogP contribution in [0.1, 0.15) is 27.2 Å². The second-order valence-electron chi connectivity index (χ2n) is 5.44. The third-order valence-electron chi connectivity index (χ3n) is 2.35. The van der Waals surface area contributed by atoms with Gasteiger partial charge < -0.3 is 21.1 Å². The molecule has 0 atom stereocenters. The smallest absolute Gasteiger partial charge is 0.407 e. The maximum absolute atomic E-state index is 11.4. The Kier molecular flexibility index (Phi) is 6.13. The molecule has 1 rings (SSSR count). The van der Waals surface area contributed by atoms with Crippen molar-refractivity contribution in [3.05, 3.63) is 22.7 Å². The summed E-state index contributed by atoms with van der Waals surface area (Å²) in [4.78, 5) is 11.4. The first kappa shape index (κ1) is 16.6. The number of hydrogen-bond acceptors (Lipinski definition) is 4. The fraction of sp³-hybridized carbons (Fsp3) is 0.500. The molecular weight excluding hydrogens is 322 g/mol. The lowest BCUT2D eigenvalue weighted by molar-refractivity contribution is 0.0528. The molecule has 0 heterocycles. The molecule has 0 aromatic heterocycles. The predicted octanol–water partition coefficient (Wildman–Crippen LogP) is 3.36. The number of anilines is 2. The summed E-state index contributed by atoms with van der Waals surface area (Å²) in [7, 11) is 0. The Balaban J connectivity index is 2.22. The lowest BCUT2D eigenvalue weighted by Crippen LogP contribution is -2.33. The highest BCUT2D eigenvalue weighted by atomic mass is 79.9. The molecule has 0 saturated carbocycles. The minimum atomic E-state index is -0.465. The molecule has 6 heteroatoms. The van der Waals surface area contributed by atoms with Crippen LogP contribution >= 0.6 is 15.9 Å². The molecule has 0 fully saturated rings. The molecule has 1 aromatic rings. The third-order valence-corrected chi connectivity index (χ3v) is 2.85. The van der Waals surface area contributed by atoms with E-state index in [1.54, 1.807) is 0 Å². The molecule has 0 radical (unpaired) electrons. The van der Waals surface area contributed by atoms with Gasteiger partial charge in [0.25, 0.3) is 0 Å². The molecule has 0 aliphatic rings. The standard InChI is InChI=1S/C14H22BrN3O2/c1-14(2,3)20-13(19)18-8-4-7-17-12-9-10(15)5-6-11(12)16/h5-6,9,17H,4,7-8,16H2,1-3H3,(H,18,19). The van der Waals surface area contributed by atoms with Crippen LogP contribution in [0.2, 0.25) is 0 Å². The number of rotatable bonds is 5. The molecule has 0 unspecified atom stereocenters. The Hall–Kier alpha value is -1.43. The monoisotopic (exact) mass is 343 g/mol. The zero-order valence-corrected chi connectivity index (χ0v) is 13.7. The van der Waals surface area contributed by atoms with Gasteiger partial charge in [-0.3, -0.25) is 0 Å². The van der Waals surface area contributed by atoms with E-state index in [-0.39, 0.29) is 6.09 Å². The van der Waals surface area contributed by atoms with E-state index in [9.17, 15) is 4.79 Å². The minimum absolute atomic E-state index is 0.389. The van der Waals surface area contributed by atoms with Crippen LogP contribution in [0.3, 0.4) is 0 Å². The number of nitrogen functional groups attached to an aromatic ring is 1. The van der Waals surface area contributed by atoms with Gasteiger partial charge >= 0.3 is 6.09 Å². The summed E-state index contributed by atoms with van der Waals surface area (Å²) in [6, 6.07) is 5.66. The highest BCUT2D eigenvalue weighted by molar-refractivity contribution is 9.10. The van der Waals surface area contributed by atoms with Crippen molar-refractivity contribution < 1.29 is 9.53 Å². The first-order chi connectivity index (χ1) is 9.28. The van der Waals surface area contributed by atoms with E-state index in [0.717, 1.165) is 23.1 Å². The fourth-order valence-electron chi connectivity index (χ4n) is 1.50. The van der Waals surface area contributed by atoms with Gasteiger partial charge in [-0.2, -0.15) is 0 Å². The number of halogens is 1. The number of hydrogen-bond donors (Lipinski definition) is 3. The molecule has 0 spiro atoms. The van der Waals surface area contributed by atoms with Crippen LogP contribution < -0.4 is 16.4 Å². The number of amides is 1. The van der Waals surface area contributed by atoms with E-state index < -0.39 is 5.60 Å². The van der Waals surface area contributed by atoms with Crippen molar-refractivity contribution in [2.45, 2.75) is 32.8 Å². The topological polar surface area (TPSA) is 76.4 Å². The Morgan fingerprint density at radius 3 is 2.70 bits per heavy atom. The van der Waals surface area contributed by atoms with E-state index in [0.29, 0.717) is 12.2 Å². The maximum atomic E-state index is 11.4. The average Bonchev–Trinajstić information content (AvgIpc) is 2.30. The van der Waals surface area contributed by atoms with Gasteiger partial charge in [-0.15, -0.1) is 0 Å². The SMILES string of the molecule is CC(C)(C)OC(=O)NCCCNc1cc(Br)ccc1N. The van der Waals surface area contributed by atoms with Gasteiger partial charge in [0.1, 0.15) is 5.60 Å². The molecule has 0 aliphatic heterocycles. The van der Waals surface area contributed by atoms with Crippen LogP contribution in [-0.4, -0.2) is 24.8 Å². The fourth-order valence-corrected chi connectivity index (χ4v) is 1.86. The molecule has 20 heavy (non-hydrogen) atoms. The number of alkyl carbamates (subject to hydrolysis) is 1. The van der Waals surface area contributed by atoms with Crippen molar-refractivity contribution >= 4 is 33.4 Å². The number of ether oxygens (including phenoxy) is 1. The van der Waals surface area contributed by atoms with Gasteiger partial charge in [0.05, 0.1) is 11.4 Å². The highest BCUT2D eigenvalue weighted by Crippen LogP contribution is 2.22. The molecule has 0 saturated heterocycles. The Bertz CT molecular complexity index is 458. The zero-order chi connectivity index (χ0) is 15.2. The first-order valence-corrected chi connectivity index (χ1v) is 7.33. The lowest BCUT2D eigenvalue weighted by Gasteiger charge is -2.19. The minimum Gasteiger partial charge on any atom is -0.444 e. The molecule has 0 bridgehead atoms. The largest absolute Gasteiger partial charge is 0.444 e. The predicted molar refractivity (Wildman–Crippen MR) is 85.9 cm³/mol. The maximum Gasteiger partial charge on any atom is 0.407 e. The van der Waals surface area contributed by atoms with Gasteiger partial charge in [-0.1, -0.05) is 15.9 Å². The van der Waals surface area contributed by atoms with Crippen LogP contribution in [0, 0.1) is 0 Å². The van der Waals surface area contributed by atoms with E-state index in [1.165, 1.54) is 0 Å². The van der Waals surface area contributed by atoms with Crippen molar-refractivity contribution in [2.24, 2.45) is 0 Å². The van der Waals surface area contributed by atoms with Crippen molar-refractivity contribution in [1.82, 2.24) is 5.32 Å². The van der Waals surface area contributed by atoms with Crippen LogP contribution in [-0.2, 0) is 4.74 Å². The normalized spacial score (nSPS) is 11.0. The van der Waals surface area contributed by atoms with E-state index in [4.69, 9.17) is 10.5 Å². The molecule has 0 aliphatic carbocycles. The molecule has 5 nitrogen and oxygen atoms in total. The number of benzene rings is 1. The summed E-state index contributed by atoms with van der Waals surface area (Å²) in [5.41, 5.74) is 6.97. The van der Waals surface area contributed by atoms with Gasteiger partial charge in [-0.25, -0.2) is 4.79 Å². The Morgan fingerprint density at radius 1 is 1.35 bits per heavy atom. The summed E-state index contributed by atoms with van der Waals surface area (Å²) in [6.07, 6.45) is 0.394. The first-order valence-electron chi connectivity index (χ1n) is 6.54. The Labute approximate surface area is 128 Å². The van der Waals surface area contributed by atoms with E-state index >= 15 is 0 Å². The van der Waals surface area contributed by atoms with Crippen molar-refractivity contribution in [3.63, 3.8) is 0 Å². The van der Waals surface area contributed by atoms with Crippen LogP contribution in [0.15, 0.2) is 22.7 Å². The van der Waals surface area contributed by atoms with Crippen molar-refractivity contribution in [3.8, 4) is 0 Å². The molecule has 4 N–H and O–H groups in total. The molecular formula is C14H22BrN3O2. The molecule has 112 valence electrons. The van der Waals surface area contributed by atoms with Gasteiger partial charge in [0.2, 0.25) is 0 Å². The molecule has 1 amide bonds.